The van der Waals surface area contributed by atoms with Gasteiger partial charge in [-0.25, -0.2) is 13.8 Å². The van der Waals surface area contributed by atoms with Gasteiger partial charge in [0.25, 0.3) is 5.56 Å². The molecule has 1 aliphatic carbocycles. The number of methoxy groups -OCH3 is 1. The molecule has 38 heavy (non-hydrogen) atoms. The zero-order valence-corrected chi connectivity index (χ0v) is 21.8. The standard InChI is InChI=1S/C28H20ClFN4O3S/c1-37-23-10-18(19(29)11-20(23)30)24-12-21-25(38-24)26(35)34(22-14-32-13-16-4-2-3-5-17(16)22)27(36)33(21)15-28(6-7-28)8-9-31/h2-5,10-14H,6-8,15H2,1H3. The van der Waals surface area contributed by atoms with E-state index in [1.165, 1.54) is 36.8 Å². The van der Waals surface area contributed by atoms with Crippen LogP contribution in [-0.2, 0) is 6.54 Å². The number of nitriles is 1. The van der Waals surface area contributed by atoms with Gasteiger partial charge >= 0.3 is 5.69 Å². The number of hydrogen-bond acceptors (Lipinski definition) is 6. The van der Waals surface area contributed by atoms with Crippen molar-refractivity contribution in [2.45, 2.75) is 25.8 Å². The highest BCUT2D eigenvalue weighted by Gasteiger charge is 2.43. The lowest BCUT2D eigenvalue weighted by molar-refractivity contribution is 0.387. The van der Waals surface area contributed by atoms with Crippen LogP contribution in [0.1, 0.15) is 19.3 Å². The Labute approximate surface area is 224 Å². The van der Waals surface area contributed by atoms with Crippen molar-refractivity contribution >= 4 is 43.9 Å². The van der Waals surface area contributed by atoms with Crippen molar-refractivity contribution in [3.05, 3.63) is 86.5 Å². The minimum Gasteiger partial charge on any atom is -0.494 e. The second-order valence-electron chi connectivity index (χ2n) is 9.52. The van der Waals surface area contributed by atoms with Crippen molar-refractivity contribution in [1.29, 1.82) is 5.26 Å². The summed E-state index contributed by atoms with van der Waals surface area (Å²) in [4.78, 5) is 32.8. The lowest BCUT2D eigenvalue weighted by Gasteiger charge is -2.17. The summed E-state index contributed by atoms with van der Waals surface area (Å²) in [6.07, 6.45) is 5.15. The first-order chi connectivity index (χ1) is 18.4. The Bertz CT molecular complexity index is 1910. The van der Waals surface area contributed by atoms with E-state index in [9.17, 15) is 19.2 Å². The highest BCUT2D eigenvalue weighted by molar-refractivity contribution is 7.22. The zero-order valence-electron chi connectivity index (χ0n) is 20.2. The van der Waals surface area contributed by atoms with E-state index in [2.05, 4.69) is 11.1 Å². The van der Waals surface area contributed by atoms with Gasteiger partial charge < -0.3 is 4.74 Å². The minimum absolute atomic E-state index is 0.0180. The normalized spacial score (nSPS) is 14.1. The summed E-state index contributed by atoms with van der Waals surface area (Å²) in [5.74, 6) is -0.582. The second kappa shape index (κ2) is 9.08. The largest absolute Gasteiger partial charge is 0.494 e. The SMILES string of the molecule is COc1cc(-c2cc3c(s2)c(=O)n(-c2cncc4ccccc24)c(=O)n3CC2(CC#N)CC2)c(Cl)cc1F. The molecule has 3 aromatic heterocycles. The Hall–Kier alpha value is -4.00. The lowest BCUT2D eigenvalue weighted by atomic mass is 10.0. The third-order valence-electron chi connectivity index (χ3n) is 7.12. The minimum atomic E-state index is -0.600. The summed E-state index contributed by atoms with van der Waals surface area (Å²) in [5, 5.41) is 11.1. The van der Waals surface area contributed by atoms with Gasteiger partial charge in [0.05, 0.1) is 35.6 Å². The third-order valence-corrected chi connectivity index (χ3v) is 8.58. The number of pyridine rings is 1. The number of hydrogen-bond donors (Lipinski definition) is 0. The molecule has 5 aromatic rings. The van der Waals surface area contributed by atoms with Crippen molar-refractivity contribution in [3.8, 4) is 27.9 Å². The summed E-state index contributed by atoms with van der Waals surface area (Å²) < 4.78 is 22.5. The molecule has 0 amide bonds. The van der Waals surface area contributed by atoms with Gasteiger partial charge in [-0.15, -0.1) is 11.3 Å². The van der Waals surface area contributed by atoms with Crippen molar-refractivity contribution in [1.82, 2.24) is 14.1 Å². The molecule has 0 N–H and O–H groups in total. The molecule has 190 valence electrons. The molecular weight excluding hydrogens is 527 g/mol. The van der Waals surface area contributed by atoms with Crippen molar-refractivity contribution in [2.75, 3.05) is 7.11 Å². The molecule has 0 unspecified atom stereocenters. The van der Waals surface area contributed by atoms with E-state index in [-0.39, 0.29) is 16.2 Å². The van der Waals surface area contributed by atoms with E-state index in [0.717, 1.165) is 22.8 Å². The topological polar surface area (TPSA) is 89.9 Å². The van der Waals surface area contributed by atoms with Gasteiger partial charge in [0, 0.05) is 45.8 Å². The fraction of sp³-hybridized carbons (Fsp3) is 0.214. The predicted octanol–water partition coefficient (Wildman–Crippen LogP) is 5.92. The van der Waals surface area contributed by atoms with Gasteiger partial charge in [0.2, 0.25) is 0 Å². The molecule has 1 saturated carbocycles. The van der Waals surface area contributed by atoms with Crippen LogP contribution in [0.2, 0.25) is 5.02 Å². The molecule has 6 rings (SSSR count). The number of halogens is 2. The molecule has 7 nitrogen and oxygen atoms in total. The first kappa shape index (κ1) is 24.3. The Morgan fingerprint density at radius 3 is 2.74 bits per heavy atom. The number of fused-ring (bicyclic) bond motifs is 2. The molecule has 10 heteroatoms. The maximum Gasteiger partial charge on any atom is 0.336 e. The highest BCUT2D eigenvalue weighted by Crippen LogP contribution is 2.50. The lowest BCUT2D eigenvalue weighted by Crippen LogP contribution is -2.40. The number of thiophene rings is 1. The van der Waals surface area contributed by atoms with Crippen LogP contribution in [0.5, 0.6) is 5.75 Å². The van der Waals surface area contributed by atoms with Crippen LogP contribution in [0.3, 0.4) is 0 Å². The third kappa shape index (κ3) is 3.88. The van der Waals surface area contributed by atoms with Gasteiger partial charge in [0.15, 0.2) is 11.6 Å². The average Bonchev–Trinajstić information content (AvgIpc) is 3.52. The van der Waals surface area contributed by atoms with E-state index in [4.69, 9.17) is 16.3 Å². The smallest absolute Gasteiger partial charge is 0.336 e. The second-order valence-corrected chi connectivity index (χ2v) is 11.0. The molecule has 0 aliphatic heterocycles. The van der Waals surface area contributed by atoms with Gasteiger partial charge in [-0.1, -0.05) is 35.9 Å². The Morgan fingerprint density at radius 2 is 2.00 bits per heavy atom. The highest BCUT2D eigenvalue weighted by atomic mass is 35.5. The van der Waals surface area contributed by atoms with Crippen LogP contribution in [0.15, 0.2) is 64.4 Å². The summed E-state index contributed by atoms with van der Waals surface area (Å²) in [5.41, 5.74) is 0.0243. The van der Waals surface area contributed by atoms with Crippen molar-refractivity contribution in [3.63, 3.8) is 0 Å². The van der Waals surface area contributed by atoms with E-state index < -0.39 is 17.1 Å². The van der Waals surface area contributed by atoms with Gasteiger partial charge in [-0.05, 0) is 31.0 Å². The fourth-order valence-corrected chi connectivity index (χ4v) is 6.30. The molecule has 0 atom stereocenters. The molecule has 1 aliphatic rings. The molecule has 0 spiro atoms. The zero-order chi connectivity index (χ0) is 26.6. The van der Waals surface area contributed by atoms with Crippen LogP contribution in [0.25, 0.3) is 37.1 Å². The van der Waals surface area contributed by atoms with Crippen molar-refractivity contribution < 1.29 is 9.13 Å². The van der Waals surface area contributed by atoms with Gasteiger partial charge in [-0.3, -0.25) is 14.3 Å². The first-order valence-electron chi connectivity index (χ1n) is 11.9. The summed E-state index contributed by atoms with van der Waals surface area (Å²) in [7, 11) is 1.36. The van der Waals surface area contributed by atoms with Gasteiger partial charge in [0.1, 0.15) is 4.70 Å². The van der Waals surface area contributed by atoms with E-state index in [1.54, 1.807) is 16.8 Å². The average molecular weight is 547 g/mol. The predicted molar refractivity (Wildman–Crippen MR) is 146 cm³/mol. The number of aromatic nitrogens is 3. The monoisotopic (exact) mass is 546 g/mol. The number of rotatable bonds is 6. The molecule has 2 aromatic carbocycles. The fourth-order valence-electron chi connectivity index (χ4n) is 4.87. The first-order valence-corrected chi connectivity index (χ1v) is 13.1. The van der Waals surface area contributed by atoms with Crippen LogP contribution < -0.4 is 16.0 Å². The van der Waals surface area contributed by atoms with E-state index in [1.807, 2.05) is 24.3 Å². The van der Waals surface area contributed by atoms with Crippen LogP contribution in [0.4, 0.5) is 4.39 Å². The molecule has 0 saturated heterocycles. The number of nitrogens with zero attached hydrogens (tertiary/aromatic N) is 4. The maximum atomic E-state index is 14.2. The van der Waals surface area contributed by atoms with E-state index >= 15 is 0 Å². The van der Waals surface area contributed by atoms with E-state index in [0.29, 0.717) is 44.7 Å². The Morgan fingerprint density at radius 1 is 1.21 bits per heavy atom. The Balaban J connectivity index is 1.66. The van der Waals surface area contributed by atoms with Gasteiger partial charge in [-0.2, -0.15) is 5.26 Å². The quantitative estimate of drug-likeness (QED) is 0.263. The molecule has 3 heterocycles. The van der Waals surface area contributed by atoms with Crippen LogP contribution in [-0.4, -0.2) is 21.2 Å². The molecular formula is C28H20ClFN4O3S. The number of benzene rings is 2. The van der Waals surface area contributed by atoms with Crippen LogP contribution in [0, 0.1) is 22.6 Å². The van der Waals surface area contributed by atoms with Crippen molar-refractivity contribution in [2.24, 2.45) is 5.41 Å². The molecule has 0 radical (unpaired) electrons. The Kier molecular flexibility index (Phi) is 5.82. The van der Waals surface area contributed by atoms with Crippen LogP contribution >= 0.6 is 22.9 Å². The number of ether oxygens (including phenoxy) is 1. The maximum absolute atomic E-state index is 14.2. The molecule has 0 bridgehead atoms. The summed E-state index contributed by atoms with van der Waals surface area (Å²) in [6, 6.07) is 14.0. The summed E-state index contributed by atoms with van der Waals surface area (Å²) >= 11 is 7.57. The summed E-state index contributed by atoms with van der Waals surface area (Å²) in [6.45, 7) is 0.297. The molecule has 1 fully saturated rings.